The molecule has 0 radical (unpaired) electrons. The molecule has 5 heteroatoms. The molecule has 3 rings (SSSR count). The summed E-state index contributed by atoms with van der Waals surface area (Å²) in [5.41, 5.74) is 6.87. The van der Waals surface area contributed by atoms with E-state index in [0.29, 0.717) is 17.4 Å². The van der Waals surface area contributed by atoms with Gasteiger partial charge in [0.05, 0.1) is 17.7 Å². The Balaban J connectivity index is 1.73. The summed E-state index contributed by atoms with van der Waals surface area (Å²) in [6.45, 7) is 6.74. The van der Waals surface area contributed by atoms with Crippen LogP contribution in [0.1, 0.15) is 49.8 Å². The van der Waals surface area contributed by atoms with E-state index in [9.17, 15) is 4.79 Å². The lowest BCUT2D eigenvalue weighted by Crippen LogP contribution is -2.45. The quantitative estimate of drug-likeness (QED) is 0.611. The zero-order chi connectivity index (χ0) is 19.6. The fourth-order valence-electron chi connectivity index (χ4n) is 3.70. The van der Waals surface area contributed by atoms with Crippen molar-refractivity contribution < 1.29 is 4.79 Å². The van der Waals surface area contributed by atoms with Crippen LogP contribution >= 0.6 is 11.6 Å². The number of nitrogens with one attached hydrogen (secondary N) is 1. The van der Waals surface area contributed by atoms with Gasteiger partial charge in [-0.15, -0.1) is 0 Å². The van der Waals surface area contributed by atoms with Crippen molar-refractivity contribution in [3.05, 3.63) is 64.2 Å². The second-order valence-corrected chi connectivity index (χ2v) is 8.27. The van der Waals surface area contributed by atoms with Crippen molar-refractivity contribution in [3.63, 3.8) is 0 Å². The SMILES string of the molecule is C[C@H]1CC(C)(C)N(C)c2cc(Cl)c(/C=N\NC(=O)Cc3ccccc3)cc21. The second kappa shape index (κ2) is 7.73. The van der Waals surface area contributed by atoms with Crippen LogP contribution in [0.25, 0.3) is 0 Å². The van der Waals surface area contributed by atoms with Gasteiger partial charge in [0, 0.05) is 23.8 Å². The highest BCUT2D eigenvalue weighted by molar-refractivity contribution is 6.33. The smallest absolute Gasteiger partial charge is 0.244 e. The topological polar surface area (TPSA) is 44.7 Å². The van der Waals surface area contributed by atoms with E-state index in [4.69, 9.17) is 11.6 Å². The molecule has 2 aromatic carbocycles. The molecule has 4 nitrogen and oxygen atoms in total. The van der Waals surface area contributed by atoms with E-state index in [-0.39, 0.29) is 11.4 Å². The van der Waals surface area contributed by atoms with Gasteiger partial charge in [-0.1, -0.05) is 48.9 Å². The highest BCUT2D eigenvalue weighted by Crippen LogP contribution is 2.44. The maximum atomic E-state index is 12.0. The first-order valence-electron chi connectivity index (χ1n) is 9.21. The number of hydrazone groups is 1. The van der Waals surface area contributed by atoms with Crippen molar-refractivity contribution in [2.24, 2.45) is 5.10 Å². The van der Waals surface area contributed by atoms with Crippen molar-refractivity contribution >= 4 is 29.4 Å². The number of hydrogen-bond donors (Lipinski definition) is 1. The second-order valence-electron chi connectivity index (χ2n) is 7.86. The molecule has 1 aliphatic rings. The Morgan fingerprint density at radius 3 is 2.74 bits per heavy atom. The summed E-state index contributed by atoms with van der Waals surface area (Å²) < 4.78 is 0. The number of fused-ring (bicyclic) bond motifs is 1. The van der Waals surface area contributed by atoms with Gasteiger partial charge in [0.1, 0.15) is 0 Å². The van der Waals surface area contributed by atoms with Crippen molar-refractivity contribution in [1.29, 1.82) is 0 Å². The third-order valence-corrected chi connectivity index (χ3v) is 5.68. The van der Waals surface area contributed by atoms with Gasteiger partial charge in [-0.3, -0.25) is 4.79 Å². The average Bonchev–Trinajstić information content (AvgIpc) is 2.61. The van der Waals surface area contributed by atoms with Gasteiger partial charge in [0.2, 0.25) is 5.91 Å². The summed E-state index contributed by atoms with van der Waals surface area (Å²) >= 11 is 6.48. The number of amides is 1. The number of halogens is 1. The molecule has 1 heterocycles. The first kappa shape index (κ1) is 19.4. The van der Waals surface area contributed by atoms with E-state index in [1.54, 1.807) is 6.21 Å². The largest absolute Gasteiger partial charge is 0.369 e. The lowest BCUT2D eigenvalue weighted by molar-refractivity contribution is -0.120. The summed E-state index contributed by atoms with van der Waals surface area (Å²) in [7, 11) is 2.11. The number of carbonyl (C=O) groups is 1. The summed E-state index contributed by atoms with van der Waals surface area (Å²) in [5.74, 6) is 0.282. The Hall–Kier alpha value is -2.33. The number of benzene rings is 2. The molecule has 0 aliphatic carbocycles. The van der Waals surface area contributed by atoms with Crippen LogP contribution in [0.3, 0.4) is 0 Å². The third kappa shape index (κ3) is 4.33. The lowest BCUT2D eigenvalue weighted by Gasteiger charge is -2.45. The van der Waals surface area contributed by atoms with E-state index < -0.39 is 0 Å². The van der Waals surface area contributed by atoms with Crippen LogP contribution in [0.2, 0.25) is 5.02 Å². The molecule has 0 bridgehead atoms. The average molecular weight is 384 g/mol. The van der Waals surface area contributed by atoms with Gasteiger partial charge >= 0.3 is 0 Å². The molecule has 0 fully saturated rings. The Morgan fingerprint density at radius 1 is 1.33 bits per heavy atom. The summed E-state index contributed by atoms with van der Waals surface area (Å²) in [4.78, 5) is 14.3. The zero-order valence-electron chi connectivity index (χ0n) is 16.3. The van der Waals surface area contributed by atoms with Gasteiger partial charge in [0.25, 0.3) is 0 Å². The molecule has 1 atom stereocenters. The molecule has 1 N–H and O–H groups in total. The first-order valence-corrected chi connectivity index (χ1v) is 9.59. The molecule has 0 spiro atoms. The van der Waals surface area contributed by atoms with Crippen LogP contribution < -0.4 is 10.3 Å². The molecular weight excluding hydrogens is 358 g/mol. The van der Waals surface area contributed by atoms with Crippen molar-refractivity contribution in [1.82, 2.24) is 5.43 Å². The van der Waals surface area contributed by atoms with Gasteiger partial charge in [-0.25, -0.2) is 5.43 Å². The molecule has 0 saturated carbocycles. The lowest BCUT2D eigenvalue weighted by atomic mass is 9.80. The number of rotatable bonds is 4. The van der Waals surface area contributed by atoms with Crippen LogP contribution in [0.4, 0.5) is 5.69 Å². The summed E-state index contributed by atoms with van der Waals surface area (Å²) in [6, 6.07) is 13.7. The molecule has 27 heavy (non-hydrogen) atoms. The minimum absolute atomic E-state index is 0.0940. The van der Waals surface area contributed by atoms with E-state index in [1.165, 1.54) is 5.56 Å². The predicted octanol–water partition coefficient (Wildman–Crippen LogP) is 4.75. The molecule has 0 saturated heterocycles. The van der Waals surface area contributed by atoms with Crippen LogP contribution in [0.15, 0.2) is 47.6 Å². The van der Waals surface area contributed by atoms with E-state index >= 15 is 0 Å². The van der Waals surface area contributed by atoms with E-state index in [2.05, 4.69) is 49.3 Å². The minimum atomic E-state index is -0.151. The van der Waals surface area contributed by atoms with Crippen molar-refractivity contribution in [2.45, 2.75) is 45.1 Å². The number of carbonyl (C=O) groups excluding carboxylic acids is 1. The van der Waals surface area contributed by atoms with Gasteiger partial charge in [-0.05, 0) is 49.4 Å². The number of hydrogen-bond acceptors (Lipinski definition) is 3. The van der Waals surface area contributed by atoms with Gasteiger partial charge in [-0.2, -0.15) is 5.10 Å². The molecule has 1 amide bonds. The molecule has 1 aliphatic heterocycles. The Bertz CT molecular complexity index is 861. The van der Waals surface area contributed by atoms with Crippen LogP contribution in [-0.2, 0) is 11.2 Å². The van der Waals surface area contributed by atoms with Crippen molar-refractivity contribution in [3.8, 4) is 0 Å². The maximum Gasteiger partial charge on any atom is 0.244 e. The molecule has 2 aromatic rings. The fraction of sp³-hybridized carbons (Fsp3) is 0.364. The molecule has 142 valence electrons. The Morgan fingerprint density at radius 2 is 2.04 bits per heavy atom. The van der Waals surface area contributed by atoms with E-state index in [0.717, 1.165) is 23.2 Å². The minimum Gasteiger partial charge on any atom is -0.369 e. The number of nitrogens with zero attached hydrogens (tertiary/aromatic N) is 2. The summed E-state index contributed by atoms with van der Waals surface area (Å²) in [6.07, 6.45) is 2.99. The fourth-order valence-corrected chi connectivity index (χ4v) is 3.90. The van der Waals surface area contributed by atoms with Crippen molar-refractivity contribution in [2.75, 3.05) is 11.9 Å². The van der Waals surface area contributed by atoms with Crippen LogP contribution in [-0.4, -0.2) is 24.7 Å². The Labute approximate surface area is 166 Å². The van der Waals surface area contributed by atoms with Gasteiger partial charge in [0.15, 0.2) is 0 Å². The zero-order valence-corrected chi connectivity index (χ0v) is 17.0. The monoisotopic (exact) mass is 383 g/mol. The van der Waals surface area contributed by atoms with Crippen LogP contribution in [0, 0.1) is 0 Å². The maximum absolute atomic E-state index is 12.0. The standard InChI is InChI=1S/C22H26ClN3O/c1-15-13-22(2,3)26(4)20-12-19(23)17(11-18(15)20)14-24-25-21(27)10-16-8-6-5-7-9-16/h5-9,11-12,14-15H,10,13H2,1-4H3,(H,25,27)/b24-14-/t15-/m0/s1. The van der Waals surface area contributed by atoms with E-state index in [1.807, 2.05) is 36.4 Å². The number of anilines is 1. The Kier molecular flexibility index (Phi) is 5.56. The predicted molar refractivity (Wildman–Crippen MR) is 113 cm³/mol. The normalized spacial score (nSPS) is 18.4. The first-order chi connectivity index (χ1) is 12.8. The molecular formula is C22H26ClN3O. The van der Waals surface area contributed by atoms with Crippen LogP contribution in [0.5, 0.6) is 0 Å². The molecule has 0 aromatic heterocycles. The summed E-state index contributed by atoms with van der Waals surface area (Å²) in [5, 5.41) is 4.73. The highest BCUT2D eigenvalue weighted by atomic mass is 35.5. The highest BCUT2D eigenvalue weighted by Gasteiger charge is 2.34. The molecule has 0 unspecified atom stereocenters. The van der Waals surface area contributed by atoms with Gasteiger partial charge < -0.3 is 4.90 Å². The third-order valence-electron chi connectivity index (χ3n) is 5.35.